The molecule has 0 radical (unpaired) electrons. The van der Waals surface area contributed by atoms with Crippen LogP contribution in [0.2, 0.25) is 0 Å². The molecule has 0 aromatic carbocycles. The molecule has 1 heterocycles. The maximum Gasteiger partial charge on any atom is 0.326 e. The van der Waals surface area contributed by atoms with E-state index < -0.39 is 59.4 Å². The number of nitrogens with two attached hydrogens (primary N) is 1. The van der Waals surface area contributed by atoms with Gasteiger partial charge in [0.25, 0.3) is 5.91 Å². The number of amides is 4. The number of allylic oxidation sites excluding steroid dienone is 2. The van der Waals surface area contributed by atoms with Gasteiger partial charge in [0.1, 0.15) is 23.9 Å². The summed E-state index contributed by atoms with van der Waals surface area (Å²) in [6, 6.07) is -5.27. The van der Waals surface area contributed by atoms with Crippen LogP contribution in [0.3, 0.4) is 0 Å². The molecule has 0 saturated carbocycles. The average molecular weight is 780 g/mol. The summed E-state index contributed by atoms with van der Waals surface area (Å²) in [5, 5.41) is 40.4. The number of carbonyl (C=O) groups is 5. The van der Waals surface area contributed by atoms with Gasteiger partial charge in [-0.1, -0.05) is 95.3 Å². The maximum absolute atomic E-state index is 14.4. The first kappa shape index (κ1) is 46.0. The number of fused-ring (bicyclic) bond motifs is 4. The predicted molar refractivity (Wildman–Crippen MR) is 216 cm³/mol. The van der Waals surface area contributed by atoms with Crippen molar-refractivity contribution in [2.24, 2.45) is 11.7 Å². The van der Waals surface area contributed by atoms with Crippen LogP contribution < -0.4 is 21.7 Å². The number of carbonyl (C=O) groups excluding carboxylic acids is 4. The topological polar surface area (TPSA) is 211 Å². The summed E-state index contributed by atoms with van der Waals surface area (Å²) in [7, 11) is 1.44. The standard InChI is InChI=1S/C43H65N5O8/c1-5-7-8-9-10-11-12-13-14-15-16-20-37(50)45-34(19-17-18-25-44)41(53)48(4)38-30-21-22-36(49)31(28-30)32-26-29(23-24-43(32,3)56)27-35(42(54)55)47-39(51)33(6-2)46-40(38)52/h2,21-23,26,30,33-35,38,49,56H,5,7-20,24-25,27-28,44H2,1,3-4H3,(H,45,50)(H,46,52)(H,47,51)(H,54,55)/t30?,33-,34-,35-,38-,43?/m0/s1. The highest BCUT2D eigenvalue weighted by Gasteiger charge is 2.42. The zero-order chi connectivity index (χ0) is 41.3. The molecule has 3 rings (SSSR count). The molecular weight excluding hydrogens is 715 g/mol. The Labute approximate surface area is 332 Å². The van der Waals surface area contributed by atoms with Crippen LogP contribution in [-0.4, -0.2) is 93.2 Å². The van der Waals surface area contributed by atoms with Crippen LogP contribution >= 0.6 is 0 Å². The molecule has 8 N–H and O–H groups in total. The molecular formula is C43H65N5O8. The van der Waals surface area contributed by atoms with E-state index in [4.69, 9.17) is 12.2 Å². The third-order valence-electron chi connectivity index (χ3n) is 11.0. The fourth-order valence-corrected chi connectivity index (χ4v) is 7.69. The number of hydrogen-bond acceptors (Lipinski definition) is 8. The molecule has 13 heteroatoms. The molecule has 0 saturated heterocycles. The molecule has 4 bridgehead atoms. The second kappa shape index (κ2) is 23.0. The highest BCUT2D eigenvalue weighted by molar-refractivity contribution is 5.96. The zero-order valence-corrected chi connectivity index (χ0v) is 33.6. The van der Waals surface area contributed by atoms with Gasteiger partial charge in [-0.15, -0.1) is 6.42 Å². The summed E-state index contributed by atoms with van der Waals surface area (Å²) in [6.45, 7) is 4.18. The van der Waals surface area contributed by atoms with E-state index in [-0.39, 0.29) is 43.8 Å². The normalized spacial score (nSPS) is 24.4. The molecule has 0 fully saturated rings. The number of nitrogens with zero attached hydrogens (tertiary/aromatic N) is 1. The van der Waals surface area contributed by atoms with Crippen molar-refractivity contribution in [1.29, 1.82) is 0 Å². The van der Waals surface area contributed by atoms with E-state index in [1.807, 2.05) is 0 Å². The molecule has 3 aliphatic rings. The van der Waals surface area contributed by atoms with Gasteiger partial charge < -0.3 is 41.9 Å². The first-order valence-corrected chi connectivity index (χ1v) is 20.5. The Balaban J connectivity index is 1.84. The average Bonchev–Trinajstić information content (AvgIpc) is 3.16. The molecule has 6 atom stereocenters. The Morgan fingerprint density at radius 2 is 1.64 bits per heavy atom. The van der Waals surface area contributed by atoms with Gasteiger partial charge in [-0.3, -0.25) is 19.2 Å². The van der Waals surface area contributed by atoms with Crippen molar-refractivity contribution in [2.75, 3.05) is 13.6 Å². The minimum Gasteiger partial charge on any atom is -0.508 e. The van der Waals surface area contributed by atoms with Gasteiger partial charge in [0.15, 0.2) is 6.04 Å². The maximum atomic E-state index is 14.4. The van der Waals surface area contributed by atoms with Crippen molar-refractivity contribution in [3.63, 3.8) is 0 Å². The summed E-state index contributed by atoms with van der Waals surface area (Å²) in [6.07, 6.45) is 26.2. The minimum atomic E-state index is -1.58. The number of carboxylic acids is 1. The molecule has 56 heavy (non-hydrogen) atoms. The van der Waals surface area contributed by atoms with Gasteiger partial charge in [-0.05, 0) is 69.2 Å². The number of aliphatic carboxylic acids is 1. The monoisotopic (exact) mass is 779 g/mol. The number of likely N-dealkylation sites (N-methyl/N-ethyl adjacent to an activating group) is 1. The summed E-state index contributed by atoms with van der Waals surface area (Å²) < 4.78 is 0. The van der Waals surface area contributed by atoms with Gasteiger partial charge in [0, 0.05) is 31.4 Å². The second-order valence-corrected chi connectivity index (χ2v) is 15.7. The zero-order valence-electron chi connectivity index (χ0n) is 33.6. The van der Waals surface area contributed by atoms with E-state index in [1.54, 1.807) is 25.2 Å². The third-order valence-corrected chi connectivity index (χ3v) is 11.0. The SMILES string of the molecule is C#C[C@@H]1NC(=O)[C@@H](N(C)C(=O)[C@H](CCCCN)NC(=O)CCCCCCCCCCCCC)C2C=CC(O)=C(C2)C2=CC(=CCC2(C)O)C[C@@H](C(=O)O)NC1=O. The van der Waals surface area contributed by atoms with E-state index in [0.717, 1.165) is 19.3 Å². The molecule has 0 spiro atoms. The van der Waals surface area contributed by atoms with Crippen LogP contribution in [0.25, 0.3) is 0 Å². The summed E-state index contributed by atoms with van der Waals surface area (Å²) in [4.78, 5) is 68.6. The molecule has 4 amide bonds. The van der Waals surface area contributed by atoms with Gasteiger partial charge in [0.05, 0.1) is 5.60 Å². The number of unbranched alkanes of at least 4 members (excludes halogenated alkanes) is 11. The fraction of sp³-hybridized carbons (Fsp3) is 0.651. The van der Waals surface area contributed by atoms with Crippen LogP contribution in [0.4, 0.5) is 0 Å². The molecule has 2 aliphatic carbocycles. The number of hydrogen-bond donors (Lipinski definition) is 7. The fourth-order valence-electron chi connectivity index (χ4n) is 7.69. The lowest BCUT2D eigenvalue weighted by Gasteiger charge is -2.39. The number of rotatable bonds is 20. The van der Waals surface area contributed by atoms with E-state index >= 15 is 0 Å². The summed E-state index contributed by atoms with van der Waals surface area (Å²) in [5.74, 6) is -2.54. The lowest BCUT2D eigenvalue weighted by atomic mass is 9.75. The molecule has 310 valence electrons. The Bertz CT molecular complexity index is 1560. The van der Waals surface area contributed by atoms with Crippen molar-refractivity contribution < 1.29 is 39.3 Å². The smallest absolute Gasteiger partial charge is 0.326 e. The van der Waals surface area contributed by atoms with Crippen molar-refractivity contribution in [1.82, 2.24) is 20.9 Å². The van der Waals surface area contributed by atoms with Gasteiger partial charge in [-0.2, -0.15) is 0 Å². The quantitative estimate of drug-likeness (QED) is 0.0678. The van der Waals surface area contributed by atoms with Crippen LogP contribution in [0.15, 0.2) is 46.8 Å². The van der Waals surface area contributed by atoms with Gasteiger partial charge in [0.2, 0.25) is 17.7 Å². The Morgan fingerprint density at radius 1 is 1.00 bits per heavy atom. The summed E-state index contributed by atoms with van der Waals surface area (Å²) >= 11 is 0. The molecule has 1 aliphatic heterocycles. The van der Waals surface area contributed by atoms with Crippen molar-refractivity contribution in [3.8, 4) is 12.3 Å². The Morgan fingerprint density at radius 3 is 2.25 bits per heavy atom. The van der Waals surface area contributed by atoms with Crippen LogP contribution in [-0.2, 0) is 24.0 Å². The van der Waals surface area contributed by atoms with E-state index in [0.29, 0.717) is 42.5 Å². The van der Waals surface area contributed by atoms with Gasteiger partial charge >= 0.3 is 5.97 Å². The molecule has 0 aromatic rings. The van der Waals surface area contributed by atoms with Gasteiger partial charge in [-0.25, -0.2) is 4.79 Å². The number of aliphatic hydroxyl groups is 2. The van der Waals surface area contributed by atoms with Crippen LogP contribution in [0.1, 0.15) is 129 Å². The molecule has 2 unspecified atom stereocenters. The minimum absolute atomic E-state index is 0.00559. The largest absolute Gasteiger partial charge is 0.508 e. The van der Waals surface area contributed by atoms with E-state index in [2.05, 4.69) is 28.8 Å². The van der Waals surface area contributed by atoms with Crippen LogP contribution in [0, 0.1) is 18.3 Å². The van der Waals surface area contributed by atoms with E-state index in [9.17, 15) is 39.3 Å². The van der Waals surface area contributed by atoms with Crippen LogP contribution in [0.5, 0.6) is 0 Å². The Kier molecular flexibility index (Phi) is 18.9. The van der Waals surface area contributed by atoms with Crippen molar-refractivity contribution in [2.45, 2.75) is 159 Å². The highest BCUT2D eigenvalue weighted by atomic mass is 16.4. The van der Waals surface area contributed by atoms with Crippen molar-refractivity contribution in [3.05, 3.63) is 46.8 Å². The Hall–Kier alpha value is -4.41. The number of carboxylic acid groups (broad SMARTS) is 1. The number of nitrogens with one attached hydrogen (secondary N) is 3. The van der Waals surface area contributed by atoms with E-state index in [1.165, 1.54) is 63.0 Å². The second-order valence-electron chi connectivity index (χ2n) is 15.7. The first-order chi connectivity index (χ1) is 26.7. The predicted octanol–water partition coefficient (Wildman–Crippen LogP) is 4.62. The molecule has 0 aromatic heterocycles. The number of terminal acetylenes is 1. The lowest BCUT2D eigenvalue weighted by molar-refractivity contribution is -0.144. The first-order valence-electron chi connectivity index (χ1n) is 20.5. The summed E-state index contributed by atoms with van der Waals surface area (Å²) in [5.41, 5.74) is 5.47. The third kappa shape index (κ3) is 13.7. The highest BCUT2D eigenvalue weighted by Crippen LogP contribution is 2.41. The molecule has 13 nitrogen and oxygen atoms in total. The van der Waals surface area contributed by atoms with Crippen molar-refractivity contribution >= 4 is 29.6 Å². The lowest BCUT2D eigenvalue weighted by Crippen LogP contribution is -2.59. The number of aliphatic hydroxyl groups excluding tert-OH is 1.